The van der Waals surface area contributed by atoms with E-state index >= 15 is 0 Å². The van der Waals surface area contributed by atoms with Crippen molar-refractivity contribution in [1.29, 1.82) is 0 Å². The summed E-state index contributed by atoms with van der Waals surface area (Å²) in [5.41, 5.74) is 1.20. The lowest BCUT2D eigenvalue weighted by Crippen LogP contribution is -2.39. The van der Waals surface area contributed by atoms with E-state index in [1.54, 1.807) is 0 Å². The normalized spacial score (nSPS) is 15.5. The van der Waals surface area contributed by atoms with Gasteiger partial charge in [0.1, 0.15) is 0 Å². The zero-order chi connectivity index (χ0) is 12.8. The van der Waals surface area contributed by atoms with Crippen molar-refractivity contribution in [3.63, 3.8) is 0 Å². The van der Waals surface area contributed by atoms with Gasteiger partial charge in [-0.2, -0.15) is 5.10 Å². The summed E-state index contributed by atoms with van der Waals surface area (Å²) >= 11 is 0. The van der Waals surface area contributed by atoms with Crippen LogP contribution in [0.1, 0.15) is 25.3 Å². The van der Waals surface area contributed by atoms with E-state index in [4.69, 9.17) is 0 Å². The molecular formula is C13H24IN5. The molecule has 0 saturated carbocycles. The van der Waals surface area contributed by atoms with Gasteiger partial charge in [0, 0.05) is 25.8 Å². The first-order valence-electron chi connectivity index (χ1n) is 6.82. The fourth-order valence-corrected chi connectivity index (χ4v) is 2.20. The van der Waals surface area contributed by atoms with Gasteiger partial charge in [-0.1, -0.05) is 0 Å². The van der Waals surface area contributed by atoms with Crippen molar-refractivity contribution in [3.8, 4) is 0 Å². The molecule has 1 fully saturated rings. The Hall–Kier alpha value is -0.790. The van der Waals surface area contributed by atoms with E-state index in [0.29, 0.717) is 0 Å². The number of rotatable bonds is 4. The summed E-state index contributed by atoms with van der Waals surface area (Å²) < 4.78 is 1.95. The van der Waals surface area contributed by atoms with Crippen LogP contribution in [0.3, 0.4) is 0 Å². The van der Waals surface area contributed by atoms with Crippen LogP contribution < -0.4 is 5.32 Å². The van der Waals surface area contributed by atoms with Crippen LogP contribution >= 0.6 is 24.0 Å². The summed E-state index contributed by atoms with van der Waals surface area (Å²) in [5, 5.41) is 7.63. The Morgan fingerprint density at radius 2 is 2.16 bits per heavy atom. The third kappa shape index (κ3) is 5.00. The van der Waals surface area contributed by atoms with Crippen molar-refractivity contribution in [2.45, 2.75) is 33.2 Å². The summed E-state index contributed by atoms with van der Waals surface area (Å²) in [6, 6.07) is 0. The third-order valence-corrected chi connectivity index (χ3v) is 3.09. The fraction of sp³-hybridized carbons (Fsp3) is 0.692. The second-order valence-corrected chi connectivity index (χ2v) is 4.71. The minimum Gasteiger partial charge on any atom is -0.357 e. The zero-order valence-electron chi connectivity index (χ0n) is 11.8. The van der Waals surface area contributed by atoms with Crippen LogP contribution in [0.5, 0.6) is 0 Å². The van der Waals surface area contributed by atoms with Gasteiger partial charge in [0.15, 0.2) is 5.96 Å². The molecule has 1 aromatic heterocycles. The molecule has 19 heavy (non-hydrogen) atoms. The molecule has 5 nitrogen and oxygen atoms in total. The number of aliphatic imine (C=N–C) groups is 1. The molecule has 2 heterocycles. The molecule has 0 unspecified atom stereocenters. The first kappa shape index (κ1) is 16.3. The molecule has 0 aliphatic carbocycles. The number of hydrogen-bond donors (Lipinski definition) is 1. The average molecular weight is 377 g/mol. The fourth-order valence-electron chi connectivity index (χ4n) is 2.20. The van der Waals surface area contributed by atoms with Gasteiger partial charge in [-0.25, -0.2) is 0 Å². The molecule has 2 rings (SSSR count). The Morgan fingerprint density at radius 1 is 1.42 bits per heavy atom. The smallest absolute Gasteiger partial charge is 0.193 e. The van der Waals surface area contributed by atoms with E-state index in [9.17, 15) is 0 Å². The van der Waals surface area contributed by atoms with Crippen LogP contribution in [-0.4, -0.2) is 46.8 Å². The maximum absolute atomic E-state index is 4.67. The molecule has 1 saturated heterocycles. The zero-order valence-corrected chi connectivity index (χ0v) is 14.1. The largest absolute Gasteiger partial charge is 0.357 e. The molecule has 108 valence electrons. The molecule has 6 heteroatoms. The molecule has 0 atom stereocenters. The maximum atomic E-state index is 4.67. The number of aromatic nitrogens is 2. The lowest BCUT2D eigenvalue weighted by atomic mass is 10.4. The molecular weight excluding hydrogens is 353 g/mol. The van der Waals surface area contributed by atoms with Gasteiger partial charge in [-0.15, -0.1) is 24.0 Å². The van der Waals surface area contributed by atoms with E-state index in [-0.39, 0.29) is 24.0 Å². The number of nitrogens with one attached hydrogen (secondary N) is 1. The van der Waals surface area contributed by atoms with Crippen molar-refractivity contribution in [2.75, 3.05) is 26.2 Å². The third-order valence-electron chi connectivity index (χ3n) is 3.09. The van der Waals surface area contributed by atoms with Gasteiger partial charge in [0.2, 0.25) is 0 Å². The van der Waals surface area contributed by atoms with Crippen LogP contribution in [-0.2, 0) is 6.54 Å². The summed E-state index contributed by atoms with van der Waals surface area (Å²) in [7, 11) is 0. The number of likely N-dealkylation sites (tertiary alicyclic amines) is 1. The summed E-state index contributed by atoms with van der Waals surface area (Å²) in [6.07, 6.45) is 6.50. The quantitative estimate of drug-likeness (QED) is 0.495. The topological polar surface area (TPSA) is 45.5 Å². The van der Waals surface area contributed by atoms with E-state index in [0.717, 1.165) is 38.7 Å². The van der Waals surface area contributed by atoms with Crippen LogP contribution in [0, 0.1) is 6.92 Å². The highest BCUT2D eigenvalue weighted by Gasteiger charge is 2.14. The lowest BCUT2D eigenvalue weighted by molar-refractivity contribution is 0.491. The molecule has 0 aromatic carbocycles. The van der Waals surface area contributed by atoms with Crippen LogP contribution in [0.15, 0.2) is 17.4 Å². The molecule has 0 amide bonds. The number of nitrogens with zero attached hydrogens (tertiary/aromatic N) is 4. The predicted octanol–water partition coefficient (Wildman–Crippen LogP) is 1.87. The van der Waals surface area contributed by atoms with Gasteiger partial charge in [-0.05, 0) is 32.3 Å². The van der Waals surface area contributed by atoms with E-state index in [1.807, 2.05) is 10.9 Å². The van der Waals surface area contributed by atoms with Gasteiger partial charge < -0.3 is 10.2 Å². The average Bonchev–Trinajstić information content (AvgIpc) is 2.99. The minimum atomic E-state index is 0. The second kappa shape index (κ2) is 8.39. The first-order chi connectivity index (χ1) is 8.79. The molecule has 1 N–H and O–H groups in total. The van der Waals surface area contributed by atoms with Crippen LogP contribution in [0.4, 0.5) is 0 Å². The SMILES string of the molecule is CCNC(=NCCn1cc(C)cn1)N1CCCC1.I. The predicted molar refractivity (Wildman–Crippen MR) is 89.2 cm³/mol. The minimum absolute atomic E-state index is 0. The van der Waals surface area contributed by atoms with Crippen LogP contribution in [0.25, 0.3) is 0 Å². The monoisotopic (exact) mass is 377 g/mol. The van der Waals surface area contributed by atoms with Crippen molar-refractivity contribution in [1.82, 2.24) is 20.0 Å². The van der Waals surface area contributed by atoms with Crippen LogP contribution in [0.2, 0.25) is 0 Å². The van der Waals surface area contributed by atoms with Gasteiger partial charge in [0.25, 0.3) is 0 Å². The van der Waals surface area contributed by atoms with Crippen molar-refractivity contribution >= 4 is 29.9 Å². The Morgan fingerprint density at radius 3 is 2.74 bits per heavy atom. The molecule has 1 aliphatic heterocycles. The highest BCUT2D eigenvalue weighted by molar-refractivity contribution is 14.0. The molecule has 1 aliphatic rings. The Kier molecular flexibility index (Phi) is 7.19. The number of aryl methyl sites for hydroxylation is 1. The molecule has 0 bridgehead atoms. The Bertz CT molecular complexity index is 395. The maximum Gasteiger partial charge on any atom is 0.193 e. The summed E-state index contributed by atoms with van der Waals surface area (Å²) in [5.74, 6) is 1.05. The van der Waals surface area contributed by atoms with E-state index < -0.39 is 0 Å². The Balaban J connectivity index is 0.00000180. The second-order valence-electron chi connectivity index (χ2n) is 4.71. The van der Waals surface area contributed by atoms with Gasteiger partial charge in [0.05, 0.1) is 19.3 Å². The summed E-state index contributed by atoms with van der Waals surface area (Å²) in [4.78, 5) is 7.02. The molecule has 0 radical (unpaired) electrons. The summed E-state index contributed by atoms with van der Waals surface area (Å²) in [6.45, 7) is 8.98. The van der Waals surface area contributed by atoms with E-state index in [2.05, 4.69) is 40.4 Å². The van der Waals surface area contributed by atoms with Gasteiger partial charge >= 0.3 is 0 Å². The first-order valence-corrected chi connectivity index (χ1v) is 6.82. The van der Waals surface area contributed by atoms with Gasteiger partial charge in [-0.3, -0.25) is 9.67 Å². The number of guanidine groups is 1. The highest BCUT2D eigenvalue weighted by atomic mass is 127. The van der Waals surface area contributed by atoms with Crippen molar-refractivity contribution in [2.24, 2.45) is 4.99 Å². The standard InChI is InChI=1S/C13H23N5.HI/c1-3-14-13(17-7-4-5-8-17)15-6-9-18-11-12(2)10-16-18;/h10-11H,3-9H2,1-2H3,(H,14,15);1H. The van der Waals surface area contributed by atoms with Crippen molar-refractivity contribution in [3.05, 3.63) is 18.0 Å². The number of halogens is 1. The van der Waals surface area contributed by atoms with E-state index in [1.165, 1.54) is 18.4 Å². The molecule has 0 spiro atoms. The Labute approximate surface area is 132 Å². The lowest BCUT2D eigenvalue weighted by Gasteiger charge is -2.20. The highest BCUT2D eigenvalue weighted by Crippen LogP contribution is 2.07. The number of hydrogen-bond acceptors (Lipinski definition) is 2. The molecule has 1 aromatic rings. The van der Waals surface area contributed by atoms with Crippen molar-refractivity contribution < 1.29 is 0 Å².